The van der Waals surface area contributed by atoms with Crippen LogP contribution < -0.4 is 5.32 Å². The maximum atomic E-state index is 11.4. The number of aromatic nitrogens is 1. The van der Waals surface area contributed by atoms with Crippen LogP contribution in [-0.2, 0) is 11.3 Å². The third-order valence-corrected chi connectivity index (χ3v) is 2.11. The molecule has 0 bridgehead atoms. The van der Waals surface area contributed by atoms with Gasteiger partial charge in [-0.15, -0.1) is 0 Å². The van der Waals surface area contributed by atoms with E-state index >= 15 is 0 Å². The first-order valence-corrected chi connectivity index (χ1v) is 5.17. The fraction of sp³-hybridized carbons (Fsp3) is 0.455. The highest BCUT2D eigenvalue weighted by atomic mass is 16.3. The molecule has 0 aliphatic rings. The normalized spacial score (nSPS) is 10.4. The summed E-state index contributed by atoms with van der Waals surface area (Å²) in [5, 5.41) is 11.5. The number of likely N-dealkylation sites (N-methyl/N-ethyl adjacent to an activating group) is 1. The topological polar surface area (TPSA) is 65.5 Å². The van der Waals surface area contributed by atoms with Crippen molar-refractivity contribution in [2.45, 2.75) is 6.54 Å². The summed E-state index contributed by atoms with van der Waals surface area (Å²) in [7, 11) is 1.79. The lowest BCUT2D eigenvalue weighted by molar-refractivity contribution is -0.122. The summed E-state index contributed by atoms with van der Waals surface area (Å²) in [6, 6.07) is 3.74. The van der Waals surface area contributed by atoms with Crippen molar-refractivity contribution in [1.29, 1.82) is 0 Å². The van der Waals surface area contributed by atoms with E-state index in [1.165, 1.54) is 0 Å². The van der Waals surface area contributed by atoms with Crippen LogP contribution in [0.15, 0.2) is 24.5 Å². The van der Waals surface area contributed by atoms with Gasteiger partial charge in [0.25, 0.3) is 0 Å². The molecule has 2 N–H and O–H groups in total. The van der Waals surface area contributed by atoms with Crippen LogP contribution in [0.4, 0.5) is 0 Å². The minimum absolute atomic E-state index is 0.0557. The molecular formula is C11H17N3O2. The SMILES string of the molecule is CN(CCO)CC(=O)NCc1cccnc1. The van der Waals surface area contributed by atoms with Crippen molar-refractivity contribution >= 4 is 5.91 Å². The molecule has 0 aliphatic heterocycles. The Morgan fingerprint density at radius 2 is 2.44 bits per heavy atom. The van der Waals surface area contributed by atoms with Crippen LogP contribution in [0.1, 0.15) is 5.56 Å². The molecule has 0 radical (unpaired) electrons. The fourth-order valence-corrected chi connectivity index (χ4v) is 1.25. The van der Waals surface area contributed by atoms with Crippen LogP contribution in [0.2, 0.25) is 0 Å². The number of hydrogen-bond acceptors (Lipinski definition) is 4. The van der Waals surface area contributed by atoms with E-state index in [1.807, 2.05) is 12.1 Å². The van der Waals surface area contributed by atoms with Gasteiger partial charge in [-0.1, -0.05) is 6.07 Å². The first-order valence-electron chi connectivity index (χ1n) is 5.17. The van der Waals surface area contributed by atoms with Gasteiger partial charge in [0, 0.05) is 25.5 Å². The van der Waals surface area contributed by atoms with Gasteiger partial charge < -0.3 is 10.4 Å². The van der Waals surface area contributed by atoms with Crippen molar-refractivity contribution in [3.05, 3.63) is 30.1 Å². The van der Waals surface area contributed by atoms with Crippen molar-refractivity contribution in [2.75, 3.05) is 26.7 Å². The molecule has 1 heterocycles. The van der Waals surface area contributed by atoms with Crippen molar-refractivity contribution in [3.63, 3.8) is 0 Å². The average Bonchev–Trinajstić information content (AvgIpc) is 2.28. The molecule has 0 spiro atoms. The molecule has 5 nitrogen and oxygen atoms in total. The summed E-state index contributed by atoms with van der Waals surface area (Å²) in [6.45, 7) is 1.34. The number of hydrogen-bond donors (Lipinski definition) is 2. The van der Waals surface area contributed by atoms with Crippen LogP contribution in [-0.4, -0.2) is 47.6 Å². The molecular weight excluding hydrogens is 206 g/mol. The summed E-state index contributed by atoms with van der Waals surface area (Å²) >= 11 is 0. The third kappa shape index (κ3) is 4.86. The summed E-state index contributed by atoms with van der Waals surface area (Å²) in [6.07, 6.45) is 3.41. The van der Waals surface area contributed by atoms with Gasteiger partial charge in [0.15, 0.2) is 0 Å². The molecule has 0 aromatic carbocycles. The number of nitrogens with one attached hydrogen (secondary N) is 1. The van der Waals surface area contributed by atoms with Gasteiger partial charge in [-0.05, 0) is 18.7 Å². The zero-order valence-electron chi connectivity index (χ0n) is 9.39. The van der Waals surface area contributed by atoms with Gasteiger partial charge in [0.05, 0.1) is 13.2 Å². The lowest BCUT2D eigenvalue weighted by atomic mass is 10.3. The average molecular weight is 223 g/mol. The smallest absolute Gasteiger partial charge is 0.234 e. The molecule has 0 saturated heterocycles. The Balaban J connectivity index is 2.25. The minimum atomic E-state index is -0.0557. The monoisotopic (exact) mass is 223 g/mol. The molecule has 0 unspecified atom stereocenters. The quantitative estimate of drug-likeness (QED) is 0.690. The van der Waals surface area contributed by atoms with Gasteiger partial charge in [-0.3, -0.25) is 14.7 Å². The highest BCUT2D eigenvalue weighted by Gasteiger charge is 2.05. The molecule has 0 atom stereocenters. The first-order chi connectivity index (χ1) is 7.72. The number of amides is 1. The second-order valence-corrected chi connectivity index (χ2v) is 3.60. The molecule has 16 heavy (non-hydrogen) atoms. The van der Waals surface area contributed by atoms with E-state index in [2.05, 4.69) is 10.3 Å². The number of aliphatic hydroxyl groups is 1. The van der Waals surface area contributed by atoms with Gasteiger partial charge in [0.1, 0.15) is 0 Å². The highest BCUT2D eigenvalue weighted by molar-refractivity contribution is 5.77. The minimum Gasteiger partial charge on any atom is -0.395 e. The maximum absolute atomic E-state index is 11.4. The van der Waals surface area contributed by atoms with E-state index < -0.39 is 0 Å². The van der Waals surface area contributed by atoms with Crippen molar-refractivity contribution in [3.8, 4) is 0 Å². The lowest BCUT2D eigenvalue weighted by Crippen LogP contribution is -2.36. The van der Waals surface area contributed by atoms with Crippen LogP contribution in [0.5, 0.6) is 0 Å². The Labute approximate surface area is 95.1 Å². The summed E-state index contributed by atoms with van der Waals surface area (Å²) in [5.41, 5.74) is 0.973. The number of rotatable bonds is 6. The standard InChI is InChI=1S/C11H17N3O2/c1-14(5-6-15)9-11(16)13-8-10-3-2-4-12-7-10/h2-4,7,15H,5-6,8-9H2,1H3,(H,13,16). The van der Waals surface area contributed by atoms with Crippen LogP contribution in [0.3, 0.4) is 0 Å². The van der Waals surface area contributed by atoms with Crippen LogP contribution in [0.25, 0.3) is 0 Å². The van der Waals surface area contributed by atoms with Crippen molar-refractivity contribution in [2.24, 2.45) is 0 Å². The predicted octanol–water partition coefficient (Wildman–Crippen LogP) is -0.378. The third-order valence-electron chi connectivity index (χ3n) is 2.11. The molecule has 0 saturated carbocycles. The molecule has 1 rings (SSSR count). The summed E-state index contributed by atoms with van der Waals surface area (Å²) in [4.78, 5) is 17.2. The van der Waals surface area contributed by atoms with E-state index in [0.717, 1.165) is 5.56 Å². The second-order valence-electron chi connectivity index (χ2n) is 3.60. The fourth-order valence-electron chi connectivity index (χ4n) is 1.25. The van der Waals surface area contributed by atoms with Crippen molar-refractivity contribution < 1.29 is 9.90 Å². The molecule has 1 aromatic heterocycles. The number of nitrogens with zero attached hydrogens (tertiary/aromatic N) is 2. The Kier molecular flexibility index (Phi) is 5.45. The maximum Gasteiger partial charge on any atom is 0.234 e. The van der Waals surface area contributed by atoms with E-state index in [9.17, 15) is 4.79 Å². The first kappa shape index (κ1) is 12.6. The Hall–Kier alpha value is -1.46. The van der Waals surface area contributed by atoms with Gasteiger partial charge >= 0.3 is 0 Å². The van der Waals surface area contributed by atoms with E-state index in [-0.39, 0.29) is 12.5 Å². The van der Waals surface area contributed by atoms with Gasteiger partial charge in [-0.25, -0.2) is 0 Å². The molecule has 0 fully saturated rings. The molecule has 1 aromatic rings. The van der Waals surface area contributed by atoms with Crippen LogP contribution in [0, 0.1) is 0 Å². The van der Waals surface area contributed by atoms with Gasteiger partial charge in [-0.2, -0.15) is 0 Å². The largest absolute Gasteiger partial charge is 0.395 e. The Bertz CT molecular complexity index is 316. The predicted molar refractivity (Wildman–Crippen MR) is 60.7 cm³/mol. The van der Waals surface area contributed by atoms with Crippen LogP contribution >= 0.6 is 0 Å². The second kappa shape index (κ2) is 6.92. The number of carbonyl (C=O) groups is 1. The molecule has 88 valence electrons. The lowest BCUT2D eigenvalue weighted by Gasteiger charge is -2.14. The number of carbonyl (C=O) groups excluding carboxylic acids is 1. The Morgan fingerprint density at radius 3 is 3.06 bits per heavy atom. The molecule has 1 amide bonds. The Morgan fingerprint density at radius 1 is 1.62 bits per heavy atom. The zero-order valence-corrected chi connectivity index (χ0v) is 9.39. The van der Waals surface area contributed by atoms with Gasteiger partial charge in [0.2, 0.25) is 5.91 Å². The molecule has 5 heteroatoms. The van der Waals surface area contributed by atoms with Crippen molar-refractivity contribution in [1.82, 2.24) is 15.2 Å². The number of pyridine rings is 1. The molecule has 0 aliphatic carbocycles. The van der Waals surface area contributed by atoms with E-state index in [4.69, 9.17) is 5.11 Å². The summed E-state index contributed by atoms with van der Waals surface area (Å²) in [5.74, 6) is -0.0557. The number of aliphatic hydroxyl groups excluding tert-OH is 1. The van der Waals surface area contributed by atoms with E-state index in [1.54, 1.807) is 24.3 Å². The highest BCUT2D eigenvalue weighted by Crippen LogP contribution is 1.94. The summed E-state index contributed by atoms with van der Waals surface area (Å²) < 4.78 is 0. The zero-order chi connectivity index (χ0) is 11.8. The van der Waals surface area contributed by atoms with E-state index in [0.29, 0.717) is 19.6 Å².